The van der Waals surface area contributed by atoms with E-state index in [1.165, 1.54) is 25.7 Å². The Labute approximate surface area is 380 Å². The monoisotopic (exact) mass is 882 g/mol. The fourth-order valence-corrected chi connectivity index (χ4v) is 6.62. The van der Waals surface area contributed by atoms with Crippen LogP contribution in [0.2, 0.25) is 0 Å². The quantitative estimate of drug-likeness (QED) is 0.0244. The molecule has 0 rings (SSSR count). The van der Waals surface area contributed by atoms with Gasteiger partial charge in [-0.25, -0.2) is 4.57 Å². The molecule has 0 aromatic rings. The number of nitrogens with zero attached hydrogens (tertiary/aromatic N) is 1. The number of nitrogens with one attached hydrogen (secondary N) is 1. The Balaban J connectivity index is 4.30. The van der Waals surface area contributed by atoms with Crippen molar-refractivity contribution in [1.29, 1.82) is 0 Å². The molecule has 8 nitrogen and oxygen atoms in total. The molecule has 0 bridgehead atoms. The average molecular weight is 882 g/mol. The first-order valence-electron chi connectivity index (χ1n) is 23.9. The van der Waals surface area contributed by atoms with Crippen LogP contribution in [0, 0.1) is 0 Å². The van der Waals surface area contributed by atoms with Crippen molar-refractivity contribution in [3.05, 3.63) is 122 Å². The zero-order valence-electron chi connectivity index (χ0n) is 39.8. The molecule has 0 aliphatic rings. The maximum absolute atomic E-state index is 12.9. The van der Waals surface area contributed by atoms with E-state index in [-0.39, 0.29) is 19.1 Å². The largest absolute Gasteiger partial charge is 0.472 e. The minimum atomic E-state index is -4.36. The highest BCUT2D eigenvalue weighted by Crippen LogP contribution is 2.43. The molecule has 0 aromatic carbocycles. The number of aliphatic hydroxyl groups excluding tert-OH is 1. The first kappa shape index (κ1) is 58.9. The van der Waals surface area contributed by atoms with Crippen LogP contribution in [0.25, 0.3) is 0 Å². The van der Waals surface area contributed by atoms with E-state index in [0.717, 1.165) is 109 Å². The third-order valence-corrected chi connectivity index (χ3v) is 10.6. The number of likely N-dealkylation sites (N-methyl/N-ethyl adjacent to an activating group) is 1. The van der Waals surface area contributed by atoms with Gasteiger partial charge in [-0.05, 0) is 96.3 Å². The topological polar surface area (TPSA) is 105 Å². The van der Waals surface area contributed by atoms with Crippen LogP contribution in [0.5, 0.6) is 0 Å². The lowest BCUT2D eigenvalue weighted by atomic mass is 10.1. The molecule has 3 unspecified atom stereocenters. The van der Waals surface area contributed by atoms with E-state index in [0.29, 0.717) is 17.4 Å². The number of allylic oxidation sites excluding steroid dienone is 19. The van der Waals surface area contributed by atoms with Crippen LogP contribution in [-0.4, -0.2) is 73.4 Å². The van der Waals surface area contributed by atoms with Crippen molar-refractivity contribution < 1.29 is 32.9 Å². The summed E-state index contributed by atoms with van der Waals surface area (Å²) in [5.74, 6) is -0.212. The summed E-state index contributed by atoms with van der Waals surface area (Å²) in [6.07, 6.45) is 64.3. The van der Waals surface area contributed by atoms with Gasteiger partial charge in [0.05, 0.1) is 39.9 Å². The van der Waals surface area contributed by atoms with Crippen molar-refractivity contribution in [2.75, 3.05) is 40.9 Å². The Morgan fingerprint density at radius 2 is 0.984 bits per heavy atom. The summed E-state index contributed by atoms with van der Waals surface area (Å²) in [5, 5.41) is 13.8. The number of aliphatic hydroxyl groups is 1. The van der Waals surface area contributed by atoms with Gasteiger partial charge in [0.15, 0.2) is 0 Å². The Morgan fingerprint density at radius 3 is 1.47 bits per heavy atom. The Bertz CT molecular complexity index is 1410. The second-order valence-electron chi connectivity index (χ2n) is 16.7. The first-order chi connectivity index (χ1) is 30.0. The van der Waals surface area contributed by atoms with Crippen LogP contribution in [-0.2, 0) is 18.4 Å². The van der Waals surface area contributed by atoms with Crippen molar-refractivity contribution in [1.82, 2.24) is 5.32 Å². The van der Waals surface area contributed by atoms with E-state index < -0.39 is 20.0 Å². The molecule has 0 radical (unpaired) electrons. The molecule has 352 valence electrons. The minimum Gasteiger partial charge on any atom is -0.387 e. The summed E-state index contributed by atoms with van der Waals surface area (Å²) in [6.45, 7) is 4.55. The molecule has 0 saturated carbocycles. The van der Waals surface area contributed by atoms with Crippen LogP contribution in [0.15, 0.2) is 122 Å². The molecule has 3 N–H and O–H groups in total. The molecule has 0 saturated heterocycles. The summed E-state index contributed by atoms with van der Waals surface area (Å²) >= 11 is 0. The average Bonchev–Trinajstić information content (AvgIpc) is 3.23. The number of amides is 1. The lowest BCUT2D eigenvalue weighted by Crippen LogP contribution is -2.45. The van der Waals surface area contributed by atoms with Crippen LogP contribution in [0.4, 0.5) is 0 Å². The molecule has 0 aliphatic carbocycles. The summed E-state index contributed by atoms with van der Waals surface area (Å²) in [6, 6.07) is -0.883. The van der Waals surface area contributed by atoms with E-state index >= 15 is 0 Å². The zero-order valence-corrected chi connectivity index (χ0v) is 40.7. The lowest BCUT2D eigenvalue weighted by Gasteiger charge is -2.25. The number of carbonyl (C=O) groups is 1. The Morgan fingerprint density at radius 1 is 0.565 bits per heavy atom. The van der Waals surface area contributed by atoms with E-state index in [1.54, 1.807) is 6.08 Å². The molecule has 0 heterocycles. The molecule has 3 atom stereocenters. The number of hydrogen-bond acceptors (Lipinski definition) is 5. The number of rotatable bonds is 41. The van der Waals surface area contributed by atoms with Gasteiger partial charge in [-0.1, -0.05) is 174 Å². The Hall–Kier alpha value is -3.10. The van der Waals surface area contributed by atoms with E-state index in [2.05, 4.69) is 129 Å². The van der Waals surface area contributed by atoms with Crippen LogP contribution >= 0.6 is 7.82 Å². The van der Waals surface area contributed by atoms with Gasteiger partial charge < -0.3 is 19.8 Å². The minimum absolute atomic E-state index is 0.0437. The van der Waals surface area contributed by atoms with Crippen molar-refractivity contribution in [2.45, 2.75) is 167 Å². The second-order valence-corrected chi connectivity index (χ2v) is 18.2. The zero-order chi connectivity index (χ0) is 45.7. The van der Waals surface area contributed by atoms with Crippen molar-refractivity contribution in [2.24, 2.45) is 0 Å². The second kappa shape index (κ2) is 43.2. The summed E-state index contributed by atoms with van der Waals surface area (Å²) in [4.78, 5) is 23.1. The highest BCUT2D eigenvalue weighted by atomic mass is 31.2. The van der Waals surface area contributed by atoms with Gasteiger partial charge in [-0.15, -0.1) is 0 Å². The molecule has 1 amide bonds. The van der Waals surface area contributed by atoms with E-state index in [4.69, 9.17) is 9.05 Å². The van der Waals surface area contributed by atoms with Gasteiger partial charge in [-0.3, -0.25) is 13.8 Å². The molecule has 9 heteroatoms. The number of unbranched alkanes of at least 4 members (excludes halogenated alkanes) is 10. The molecule has 0 spiro atoms. The maximum atomic E-state index is 12.9. The van der Waals surface area contributed by atoms with Crippen LogP contribution in [0.1, 0.15) is 155 Å². The van der Waals surface area contributed by atoms with Gasteiger partial charge in [0.1, 0.15) is 13.2 Å². The number of quaternary nitrogens is 1. The number of hydrogen-bond donors (Lipinski definition) is 3. The molecule has 0 fully saturated rings. The predicted octanol–water partition coefficient (Wildman–Crippen LogP) is 13.9. The third kappa shape index (κ3) is 44.9. The van der Waals surface area contributed by atoms with Gasteiger partial charge in [0.25, 0.3) is 0 Å². The Kier molecular flexibility index (Phi) is 41.0. The van der Waals surface area contributed by atoms with Gasteiger partial charge in [0.2, 0.25) is 5.91 Å². The lowest BCUT2D eigenvalue weighted by molar-refractivity contribution is -0.870. The number of phosphoric acid groups is 1. The molecular weight excluding hydrogens is 792 g/mol. The van der Waals surface area contributed by atoms with E-state index in [1.807, 2.05) is 27.2 Å². The molecule has 62 heavy (non-hydrogen) atoms. The van der Waals surface area contributed by atoms with Crippen molar-refractivity contribution >= 4 is 13.7 Å². The van der Waals surface area contributed by atoms with Gasteiger partial charge in [-0.2, -0.15) is 0 Å². The smallest absolute Gasteiger partial charge is 0.387 e. The van der Waals surface area contributed by atoms with Crippen LogP contribution in [0.3, 0.4) is 0 Å². The van der Waals surface area contributed by atoms with Crippen molar-refractivity contribution in [3.63, 3.8) is 0 Å². The molecule has 0 aromatic heterocycles. The predicted molar refractivity (Wildman–Crippen MR) is 267 cm³/mol. The highest BCUT2D eigenvalue weighted by Gasteiger charge is 2.27. The molecule has 0 aliphatic heterocycles. The first-order valence-corrected chi connectivity index (χ1v) is 25.4. The summed E-state index contributed by atoms with van der Waals surface area (Å²) in [5.41, 5.74) is 0. The fraction of sp³-hybridized carbons (Fsp3) is 0.604. The third-order valence-electron chi connectivity index (χ3n) is 9.62. The number of carbonyl (C=O) groups excluding carboxylic acids is 1. The van der Waals surface area contributed by atoms with Gasteiger partial charge in [0, 0.05) is 6.42 Å². The van der Waals surface area contributed by atoms with Gasteiger partial charge >= 0.3 is 7.82 Å². The normalized spacial score (nSPS) is 15.3. The van der Waals surface area contributed by atoms with E-state index in [9.17, 15) is 19.4 Å². The fourth-order valence-electron chi connectivity index (χ4n) is 5.88. The van der Waals surface area contributed by atoms with Crippen molar-refractivity contribution in [3.8, 4) is 0 Å². The highest BCUT2D eigenvalue weighted by molar-refractivity contribution is 7.47. The summed E-state index contributed by atoms with van der Waals surface area (Å²) < 4.78 is 23.5. The SMILES string of the molecule is CC/C=C\C/C=C\C/C=C\C/C=C\C/C=C\C/C=C\C/C=C\CCCCCCCCCC(=O)NC(COP(=O)(O)OCC[N+](C)(C)C)C(O)/C=C/CC/C=C/CC/C=C/CCC. The number of phosphoric ester groups is 1. The summed E-state index contributed by atoms with van der Waals surface area (Å²) in [7, 11) is 1.51. The standard InChI is InChI=1S/C53H89N2O6P/c1-6-8-10-12-14-16-18-19-20-21-22-23-24-25-26-27-28-29-30-31-32-33-34-35-37-39-41-43-45-47-53(57)54-51(50-61-62(58,59)60-49-48-55(3,4)5)52(56)46-44-42-40-38-36-17-15-13-11-9-7-2/h8,10-11,13-14,16,19-20,22-23,25-26,28-29,31-32,36,38,44,46,51-52,56H,6-7,9,12,15,17-18,21,24,27,30,33-35,37,39-43,45,47-50H2,1-5H3,(H-,54,57,58,59)/p+1/b10-8-,13-11+,16-14-,20-19-,23-22-,26-25-,29-28-,32-31-,38-36+,46-44+. The maximum Gasteiger partial charge on any atom is 0.472 e. The van der Waals surface area contributed by atoms with Crippen LogP contribution < -0.4 is 5.32 Å². The molecular formula is C53H90N2O6P+.